The van der Waals surface area contributed by atoms with Crippen molar-refractivity contribution in [1.82, 2.24) is 9.80 Å². The molecule has 2 atom stereocenters. The van der Waals surface area contributed by atoms with Crippen molar-refractivity contribution >= 4 is 17.2 Å². The van der Waals surface area contributed by atoms with E-state index in [9.17, 15) is 9.90 Å². The minimum atomic E-state index is -0.626. The van der Waals surface area contributed by atoms with Crippen LogP contribution in [-0.2, 0) is 16.0 Å². The van der Waals surface area contributed by atoms with Crippen LogP contribution in [0.25, 0.3) is 0 Å². The van der Waals surface area contributed by atoms with Gasteiger partial charge in [0.25, 0.3) is 0 Å². The first kappa shape index (κ1) is 26.5. The average Bonchev–Trinajstić information content (AvgIpc) is 3.30. The molecule has 0 bridgehead atoms. The standard InChI is InChI=1S/C26H38N2O5S/c1-5-11-27(15-20(29)17-32-19(2)3)16-26(30)28-12-9-25-23(10-13-34-25)24(28)18-33-22-8-6-7-21(14-22)31-4/h6-8,10,13-14,19-20,24,29H,5,9,11-12,15-18H2,1-4H3/t20-,24+/m1/s1. The van der Waals surface area contributed by atoms with E-state index in [1.165, 1.54) is 10.4 Å². The number of hydrogen-bond donors (Lipinski definition) is 1. The van der Waals surface area contributed by atoms with Crippen molar-refractivity contribution < 1.29 is 24.1 Å². The van der Waals surface area contributed by atoms with Gasteiger partial charge in [0.05, 0.1) is 38.5 Å². The lowest BCUT2D eigenvalue weighted by Gasteiger charge is -2.37. The second-order valence-corrected chi connectivity index (χ2v) is 9.91. The molecule has 0 fully saturated rings. The number of thiophene rings is 1. The van der Waals surface area contributed by atoms with Crippen LogP contribution in [0.1, 0.15) is 43.7 Å². The molecule has 2 heterocycles. The molecule has 0 saturated carbocycles. The van der Waals surface area contributed by atoms with Gasteiger partial charge in [0.1, 0.15) is 18.1 Å². The van der Waals surface area contributed by atoms with E-state index < -0.39 is 6.10 Å². The maximum atomic E-state index is 13.5. The SMILES string of the molecule is CCCN(CC(=O)N1CCc2sccc2[C@@H]1COc1cccc(OC)c1)C[C@@H](O)COC(C)C. The van der Waals surface area contributed by atoms with Gasteiger partial charge in [0.15, 0.2) is 0 Å². The Labute approximate surface area is 207 Å². The smallest absolute Gasteiger partial charge is 0.237 e. The number of aliphatic hydroxyl groups is 1. The summed E-state index contributed by atoms with van der Waals surface area (Å²) < 4.78 is 17.0. The van der Waals surface area contributed by atoms with Gasteiger partial charge in [-0.2, -0.15) is 0 Å². The van der Waals surface area contributed by atoms with Crippen LogP contribution in [0.4, 0.5) is 0 Å². The van der Waals surface area contributed by atoms with Crippen molar-refractivity contribution in [2.24, 2.45) is 0 Å². The maximum absolute atomic E-state index is 13.5. The molecule has 3 rings (SSSR count). The number of hydrogen-bond acceptors (Lipinski definition) is 7. The molecule has 7 nitrogen and oxygen atoms in total. The molecule has 1 N–H and O–H groups in total. The van der Waals surface area contributed by atoms with Gasteiger partial charge in [0.2, 0.25) is 5.91 Å². The molecule has 1 amide bonds. The average molecular weight is 491 g/mol. The summed E-state index contributed by atoms with van der Waals surface area (Å²) in [5.74, 6) is 1.51. The Hall–Kier alpha value is -2.13. The molecule has 188 valence electrons. The van der Waals surface area contributed by atoms with Gasteiger partial charge in [-0.05, 0) is 62.4 Å². The zero-order valence-electron chi connectivity index (χ0n) is 20.7. The number of amides is 1. The molecule has 0 radical (unpaired) electrons. The zero-order valence-corrected chi connectivity index (χ0v) is 21.6. The highest BCUT2D eigenvalue weighted by molar-refractivity contribution is 7.10. The van der Waals surface area contributed by atoms with E-state index in [2.05, 4.69) is 18.4 Å². The Balaban J connectivity index is 1.68. The van der Waals surface area contributed by atoms with Crippen molar-refractivity contribution in [3.63, 3.8) is 0 Å². The second kappa shape index (κ2) is 13.1. The highest BCUT2D eigenvalue weighted by Gasteiger charge is 2.33. The summed E-state index contributed by atoms with van der Waals surface area (Å²) in [5, 5.41) is 12.5. The number of aliphatic hydroxyl groups excluding tert-OH is 1. The third kappa shape index (κ3) is 7.43. The Morgan fingerprint density at radius 1 is 1.29 bits per heavy atom. The van der Waals surface area contributed by atoms with E-state index in [1.807, 2.05) is 47.9 Å². The van der Waals surface area contributed by atoms with E-state index >= 15 is 0 Å². The molecule has 1 aliphatic rings. The van der Waals surface area contributed by atoms with E-state index in [0.29, 0.717) is 19.7 Å². The molecule has 0 spiro atoms. The van der Waals surface area contributed by atoms with Crippen molar-refractivity contribution in [2.45, 2.75) is 51.9 Å². The molecule has 1 aliphatic heterocycles. The van der Waals surface area contributed by atoms with E-state index in [0.717, 1.165) is 30.9 Å². The minimum absolute atomic E-state index is 0.0570. The van der Waals surface area contributed by atoms with Gasteiger partial charge in [-0.15, -0.1) is 11.3 Å². The molecular formula is C26H38N2O5S. The number of benzene rings is 1. The number of carbonyl (C=O) groups excluding carboxylic acids is 1. The third-order valence-electron chi connectivity index (χ3n) is 5.85. The minimum Gasteiger partial charge on any atom is -0.497 e. The number of carbonyl (C=O) groups is 1. The Morgan fingerprint density at radius 2 is 2.09 bits per heavy atom. The van der Waals surface area contributed by atoms with E-state index in [4.69, 9.17) is 14.2 Å². The molecular weight excluding hydrogens is 452 g/mol. The van der Waals surface area contributed by atoms with Crippen LogP contribution in [0.3, 0.4) is 0 Å². The van der Waals surface area contributed by atoms with Gasteiger partial charge in [0, 0.05) is 24.0 Å². The lowest BCUT2D eigenvalue weighted by atomic mass is 10.0. The Bertz CT molecular complexity index is 903. The molecule has 8 heteroatoms. The lowest BCUT2D eigenvalue weighted by Crippen LogP contribution is -2.48. The Morgan fingerprint density at radius 3 is 2.82 bits per heavy atom. The summed E-state index contributed by atoms with van der Waals surface area (Å²) in [6.45, 7) is 8.71. The molecule has 1 aromatic heterocycles. The fraction of sp³-hybridized carbons (Fsp3) is 0.577. The summed E-state index contributed by atoms with van der Waals surface area (Å²) in [6, 6.07) is 9.48. The fourth-order valence-corrected chi connectivity index (χ4v) is 5.16. The van der Waals surface area contributed by atoms with Crippen molar-refractivity contribution in [1.29, 1.82) is 0 Å². The van der Waals surface area contributed by atoms with E-state index in [-0.39, 0.29) is 31.2 Å². The highest BCUT2D eigenvalue weighted by atomic mass is 32.1. The summed E-state index contributed by atoms with van der Waals surface area (Å²) in [6.07, 6.45) is 1.20. The number of fused-ring (bicyclic) bond motifs is 1. The summed E-state index contributed by atoms with van der Waals surface area (Å²) in [5.41, 5.74) is 1.17. The Kier molecular flexibility index (Phi) is 10.2. The molecule has 34 heavy (non-hydrogen) atoms. The fourth-order valence-electron chi connectivity index (χ4n) is 4.23. The van der Waals surface area contributed by atoms with Gasteiger partial charge in [-0.1, -0.05) is 13.0 Å². The van der Waals surface area contributed by atoms with Gasteiger partial charge in [-0.3, -0.25) is 9.69 Å². The summed E-state index contributed by atoms with van der Waals surface area (Å²) in [4.78, 5) is 18.8. The number of ether oxygens (including phenoxy) is 3. The molecule has 2 aromatic rings. The number of nitrogens with zero attached hydrogens (tertiary/aromatic N) is 2. The normalized spacial score (nSPS) is 16.6. The van der Waals surface area contributed by atoms with Crippen molar-refractivity contribution in [2.75, 3.05) is 46.5 Å². The predicted molar refractivity (Wildman–Crippen MR) is 135 cm³/mol. The number of rotatable bonds is 13. The first-order valence-electron chi connectivity index (χ1n) is 12.1. The van der Waals surface area contributed by atoms with Crippen LogP contribution in [0.2, 0.25) is 0 Å². The topological polar surface area (TPSA) is 71.5 Å². The largest absolute Gasteiger partial charge is 0.497 e. The zero-order chi connectivity index (χ0) is 24.5. The first-order valence-corrected chi connectivity index (χ1v) is 12.9. The molecule has 0 unspecified atom stereocenters. The van der Waals surface area contributed by atoms with Crippen molar-refractivity contribution in [3.05, 3.63) is 46.2 Å². The van der Waals surface area contributed by atoms with Crippen LogP contribution in [0.5, 0.6) is 11.5 Å². The van der Waals surface area contributed by atoms with Crippen LogP contribution in [0.15, 0.2) is 35.7 Å². The lowest BCUT2D eigenvalue weighted by molar-refractivity contribution is -0.136. The molecule has 1 aromatic carbocycles. The molecule has 0 aliphatic carbocycles. The summed E-state index contributed by atoms with van der Waals surface area (Å²) in [7, 11) is 1.63. The van der Waals surface area contributed by atoms with Gasteiger partial charge in [-0.25, -0.2) is 0 Å². The molecule has 0 saturated heterocycles. The van der Waals surface area contributed by atoms with Crippen LogP contribution in [0, 0.1) is 0 Å². The van der Waals surface area contributed by atoms with E-state index in [1.54, 1.807) is 18.4 Å². The second-order valence-electron chi connectivity index (χ2n) is 8.91. The summed E-state index contributed by atoms with van der Waals surface area (Å²) >= 11 is 1.74. The van der Waals surface area contributed by atoms with Crippen LogP contribution < -0.4 is 9.47 Å². The maximum Gasteiger partial charge on any atom is 0.237 e. The predicted octanol–water partition coefficient (Wildman–Crippen LogP) is 3.76. The van der Waals surface area contributed by atoms with Crippen LogP contribution in [-0.4, -0.2) is 79.5 Å². The third-order valence-corrected chi connectivity index (χ3v) is 6.85. The van der Waals surface area contributed by atoms with Gasteiger partial charge < -0.3 is 24.2 Å². The highest BCUT2D eigenvalue weighted by Crippen LogP contribution is 2.34. The van der Waals surface area contributed by atoms with Crippen molar-refractivity contribution in [3.8, 4) is 11.5 Å². The number of methoxy groups -OCH3 is 1. The monoisotopic (exact) mass is 490 g/mol. The quantitative estimate of drug-likeness (QED) is 0.461. The van der Waals surface area contributed by atoms with Crippen LogP contribution >= 0.6 is 11.3 Å². The van der Waals surface area contributed by atoms with Gasteiger partial charge >= 0.3 is 0 Å². The first-order chi connectivity index (χ1) is 16.4.